The van der Waals surface area contributed by atoms with Crippen molar-refractivity contribution in [1.29, 1.82) is 0 Å². The quantitative estimate of drug-likeness (QED) is 0.780. The topological polar surface area (TPSA) is 37.0 Å². The zero-order chi connectivity index (χ0) is 13.6. The molecule has 0 saturated carbocycles. The fourth-order valence-corrected chi connectivity index (χ4v) is 1.68. The fourth-order valence-electron chi connectivity index (χ4n) is 1.38. The predicted molar refractivity (Wildman–Crippen MR) is 77.7 cm³/mol. The maximum atomic E-state index is 14.1. The third-order valence-electron chi connectivity index (χ3n) is 2.38. The lowest BCUT2D eigenvalue weighted by Gasteiger charge is -2.21. The second-order valence-corrected chi connectivity index (χ2v) is 6.14. The predicted octanol–water partition coefficient (Wildman–Crippen LogP) is 2.88. The summed E-state index contributed by atoms with van der Waals surface area (Å²) in [5.74, 6) is 1.03. The Labute approximate surface area is 113 Å². The summed E-state index contributed by atoms with van der Waals surface area (Å²) in [5, 5.41) is 6.29. The molecule has 5 heteroatoms. The van der Waals surface area contributed by atoms with Crippen LogP contribution in [0.15, 0.2) is 12.3 Å². The van der Waals surface area contributed by atoms with E-state index in [4.69, 9.17) is 0 Å². The van der Waals surface area contributed by atoms with E-state index in [2.05, 4.69) is 36.4 Å². The summed E-state index contributed by atoms with van der Waals surface area (Å²) in [6, 6.07) is 1.72. The standard InChI is InChI=1S/C13H22FN3S/c1-13(2,3)17-9-10-5-6-15-12(11(10)14)16-7-8-18-4/h5-6,17H,7-9H2,1-4H3,(H,15,16). The summed E-state index contributed by atoms with van der Waals surface area (Å²) in [5.41, 5.74) is 0.619. The molecule has 2 N–H and O–H groups in total. The molecule has 0 radical (unpaired) electrons. The minimum atomic E-state index is -0.254. The van der Waals surface area contributed by atoms with Gasteiger partial charge in [0.15, 0.2) is 11.6 Å². The van der Waals surface area contributed by atoms with E-state index in [1.54, 1.807) is 24.0 Å². The number of thioether (sulfide) groups is 1. The van der Waals surface area contributed by atoms with Gasteiger partial charge in [0.25, 0.3) is 0 Å². The average molecular weight is 271 g/mol. The molecule has 0 unspecified atom stereocenters. The molecule has 0 aliphatic rings. The zero-order valence-electron chi connectivity index (χ0n) is 11.5. The van der Waals surface area contributed by atoms with Gasteiger partial charge in [0.05, 0.1) is 0 Å². The van der Waals surface area contributed by atoms with Crippen LogP contribution in [0.25, 0.3) is 0 Å². The fraction of sp³-hybridized carbons (Fsp3) is 0.615. The summed E-state index contributed by atoms with van der Waals surface area (Å²) in [7, 11) is 0. The van der Waals surface area contributed by atoms with Crippen molar-refractivity contribution in [1.82, 2.24) is 10.3 Å². The lowest BCUT2D eigenvalue weighted by molar-refractivity contribution is 0.418. The molecule has 18 heavy (non-hydrogen) atoms. The van der Waals surface area contributed by atoms with Crippen LogP contribution in [-0.2, 0) is 6.54 Å². The first-order valence-corrected chi connectivity index (χ1v) is 7.44. The molecule has 0 aliphatic heterocycles. The maximum absolute atomic E-state index is 14.1. The van der Waals surface area contributed by atoms with Crippen molar-refractivity contribution in [2.24, 2.45) is 0 Å². The van der Waals surface area contributed by atoms with Gasteiger partial charge in [-0.05, 0) is 33.1 Å². The van der Waals surface area contributed by atoms with E-state index >= 15 is 0 Å². The first-order chi connectivity index (χ1) is 8.44. The van der Waals surface area contributed by atoms with Gasteiger partial charge in [-0.1, -0.05) is 0 Å². The van der Waals surface area contributed by atoms with Crippen molar-refractivity contribution in [3.05, 3.63) is 23.6 Å². The number of pyridine rings is 1. The lowest BCUT2D eigenvalue weighted by atomic mass is 10.1. The molecule has 0 saturated heterocycles. The average Bonchev–Trinajstić information content (AvgIpc) is 2.29. The summed E-state index contributed by atoms with van der Waals surface area (Å²) < 4.78 is 14.1. The van der Waals surface area contributed by atoms with Crippen LogP contribution in [0.2, 0.25) is 0 Å². The number of hydrogen-bond donors (Lipinski definition) is 2. The van der Waals surface area contributed by atoms with E-state index in [0.29, 0.717) is 17.9 Å². The summed E-state index contributed by atoms with van der Waals surface area (Å²) in [6.07, 6.45) is 3.67. The Kier molecular flexibility index (Phi) is 5.88. The molecule has 1 rings (SSSR count). The molecule has 0 aliphatic carbocycles. The van der Waals surface area contributed by atoms with E-state index in [0.717, 1.165) is 12.3 Å². The number of nitrogens with one attached hydrogen (secondary N) is 2. The molecule has 0 bridgehead atoms. The van der Waals surface area contributed by atoms with E-state index in [1.807, 2.05) is 6.26 Å². The maximum Gasteiger partial charge on any atom is 0.169 e. The van der Waals surface area contributed by atoms with Crippen LogP contribution in [0.5, 0.6) is 0 Å². The van der Waals surface area contributed by atoms with Crippen molar-refractivity contribution in [2.45, 2.75) is 32.9 Å². The Morgan fingerprint density at radius 1 is 1.39 bits per heavy atom. The SMILES string of the molecule is CSCCNc1nccc(CNC(C)(C)C)c1F. The van der Waals surface area contributed by atoms with Crippen LogP contribution >= 0.6 is 11.8 Å². The molecule has 1 aromatic rings. The smallest absolute Gasteiger partial charge is 0.169 e. The van der Waals surface area contributed by atoms with Crippen molar-refractivity contribution in [3.8, 4) is 0 Å². The van der Waals surface area contributed by atoms with Crippen LogP contribution < -0.4 is 10.6 Å². The van der Waals surface area contributed by atoms with Gasteiger partial charge >= 0.3 is 0 Å². The molecule has 0 spiro atoms. The molecule has 0 atom stereocenters. The molecule has 0 aromatic carbocycles. The third-order valence-corrected chi connectivity index (χ3v) is 2.99. The van der Waals surface area contributed by atoms with Gasteiger partial charge in [-0.2, -0.15) is 11.8 Å². The molecule has 0 amide bonds. The highest BCUT2D eigenvalue weighted by Gasteiger charge is 2.13. The number of hydrogen-bond acceptors (Lipinski definition) is 4. The van der Waals surface area contributed by atoms with Crippen LogP contribution in [0.4, 0.5) is 10.2 Å². The molecule has 1 heterocycles. The molecule has 3 nitrogen and oxygen atoms in total. The zero-order valence-corrected chi connectivity index (χ0v) is 12.3. The number of aromatic nitrogens is 1. The molecular weight excluding hydrogens is 249 g/mol. The highest BCUT2D eigenvalue weighted by Crippen LogP contribution is 2.15. The summed E-state index contributed by atoms with van der Waals surface area (Å²) >= 11 is 1.72. The van der Waals surface area contributed by atoms with Crippen molar-refractivity contribution < 1.29 is 4.39 Å². The highest BCUT2D eigenvalue weighted by molar-refractivity contribution is 7.98. The molecule has 0 fully saturated rings. The normalized spacial score (nSPS) is 11.6. The highest BCUT2D eigenvalue weighted by atomic mass is 32.2. The Bertz CT molecular complexity index is 377. The van der Waals surface area contributed by atoms with Gasteiger partial charge < -0.3 is 10.6 Å². The number of rotatable bonds is 6. The van der Waals surface area contributed by atoms with Gasteiger partial charge in [-0.15, -0.1) is 0 Å². The first-order valence-electron chi connectivity index (χ1n) is 6.05. The molecule has 1 aromatic heterocycles. The minimum absolute atomic E-state index is 0.0256. The van der Waals surface area contributed by atoms with Crippen molar-refractivity contribution in [2.75, 3.05) is 23.9 Å². The van der Waals surface area contributed by atoms with Gasteiger partial charge in [-0.3, -0.25) is 0 Å². The van der Waals surface area contributed by atoms with E-state index in [1.165, 1.54) is 0 Å². The largest absolute Gasteiger partial charge is 0.367 e. The van der Waals surface area contributed by atoms with Crippen LogP contribution in [-0.4, -0.2) is 29.1 Å². The van der Waals surface area contributed by atoms with E-state index < -0.39 is 0 Å². The molecular formula is C13H22FN3S. The second kappa shape index (κ2) is 6.95. The van der Waals surface area contributed by atoms with Gasteiger partial charge in [0.1, 0.15) is 0 Å². The second-order valence-electron chi connectivity index (χ2n) is 5.16. The van der Waals surface area contributed by atoms with Gasteiger partial charge in [0.2, 0.25) is 0 Å². The Morgan fingerprint density at radius 2 is 2.11 bits per heavy atom. The number of halogens is 1. The summed E-state index contributed by atoms with van der Waals surface area (Å²) in [4.78, 5) is 4.03. The number of nitrogens with zero attached hydrogens (tertiary/aromatic N) is 1. The van der Waals surface area contributed by atoms with Crippen LogP contribution in [0, 0.1) is 5.82 Å². The van der Waals surface area contributed by atoms with Crippen LogP contribution in [0.1, 0.15) is 26.3 Å². The van der Waals surface area contributed by atoms with Crippen molar-refractivity contribution in [3.63, 3.8) is 0 Å². The Balaban J connectivity index is 2.66. The van der Waals surface area contributed by atoms with Crippen molar-refractivity contribution >= 4 is 17.6 Å². The van der Waals surface area contributed by atoms with Gasteiger partial charge in [0, 0.05) is 36.1 Å². The Morgan fingerprint density at radius 3 is 2.72 bits per heavy atom. The van der Waals surface area contributed by atoms with Gasteiger partial charge in [-0.25, -0.2) is 9.37 Å². The summed E-state index contributed by atoms with van der Waals surface area (Å²) in [6.45, 7) is 7.41. The van der Waals surface area contributed by atoms with E-state index in [-0.39, 0.29) is 11.4 Å². The number of anilines is 1. The first kappa shape index (κ1) is 15.2. The molecule has 102 valence electrons. The third kappa shape index (κ3) is 5.23. The van der Waals surface area contributed by atoms with E-state index in [9.17, 15) is 4.39 Å². The minimum Gasteiger partial charge on any atom is -0.367 e. The monoisotopic (exact) mass is 271 g/mol. The lowest BCUT2D eigenvalue weighted by Crippen LogP contribution is -2.35. The Hall–Kier alpha value is -0.810. The van der Waals surface area contributed by atoms with Crippen LogP contribution in [0.3, 0.4) is 0 Å².